The fourth-order valence-electron chi connectivity index (χ4n) is 3.53. The summed E-state index contributed by atoms with van der Waals surface area (Å²) in [7, 11) is 0. The van der Waals surface area contributed by atoms with E-state index in [0.29, 0.717) is 15.8 Å². The van der Waals surface area contributed by atoms with Crippen molar-refractivity contribution in [3.05, 3.63) is 92.3 Å². The molecule has 1 aliphatic rings. The van der Waals surface area contributed by atoms with E-state index in [9.17, 15) is 9.59 Å². The molecule has 2 aromatic carbocycles. The van der Waals surface area contributed by atoms with Crippen molar-refractivity contribution in [2.45, 2.75) is 25.7 Å². The zero-order chi connectivity index (χ0) is 18.8. The van der Waals surface area contributed by atoms with Crippen LogP contribution in [0, 0.1) is 0 Å². The van der Waals surface area contributed by atoms with Crippen LogP contribution in [0.4, 0.5) is 0 Å². The van der Waals surface area contributed by atoms with E-state index in [1.54, 1.807) is 22.8 Å². The van der Waals surface area contributed by atoms with Crippen LogP contribution in [0.5, 0.6) is 5.75 Å². The van der Waals surface area contributed by atoms with E-state index >= 15 is 0 Å². The number of benzene rings is 2. The lowest BCUT2D eigenvalue weighted by atomic mass is 9.94. The van der Waals surface area contributed by atoms with Crippen molar-refractivity contribution < 1.29 is 9.53 Å². The third-order valence-electron chi connectivity index (χ3n) is 4.79. The Balaban J connectivity index is 1.79. The molecule has 4 nitrogen and oxygen atoms in total. The van der Waals surface area contributed by atoms with E-state index < -0.39 is 5.97 Å². The number of aromatic nitrogens is 1. The number of carbonyl (C=O) groups excluding carboxylic acids is 1. The van der Waals surface area contributed by atoms with Gasteiger partial charge in [-0.3, -0.25) is 9.36 Å². The number of rotatable bonds is 3. The van der Waals surface area contributed by atoms with Gasteiger partial charge < -0.3 is 4.74 Å². The second-order valence-electron chi connectivity index (χ2n) is 6.52. The Bertz CT molecular complexity index is 1060. The van der Waals surface area contributed by atoms with Gasteiger partial charge >= 0.3 is 5.97 Å². The van der Waals surface area contributed by atoms with Crippen LogP contribution in [0.2, 0.25) is 0 Å². The maximum absolute atomic E-state index is 12.9. The van der Waals surface area contributed by atoms with Crippen molar-refractivity contribution in [1.29, 1.82) is 0 Å². The molecule has 0 fully saturated rings. The maximum Gasteiger partial charge on any atom is 0.344 e. The van der Waals surface area contributed by atoms with Gasteiger partial charge in [0.25, 0.3) is 5.56 Å². The van der Waals surface area contributed by atoms with E-state index in [4.69, 9.17) is 4.74 Å². The molecule has 0 aliphatic heterocycles. The molecule has 0 saturated carbocycles. The lowest BCUT2D eigenvalue weighted by Gasteiger charge is -2.23. The first kappa shape index (κ1) is 17.7. The summed E-state index contributed by atoms with van der Waals surface area (Å²) in [6, 6.07) is 18.1. The Labute approximate surface area is 165 Å². The topological polar surface area (TPSA) is 48.3 Å². The standard InChI is InChI=1S/C22H18BrNO3/c23-18-12-6-4-10-16(18)22(26)27-20-14-21(25)24(15-8-2-1-3-9-15)19-13-7-5-11-17(19)20/h1-4,6,8-10,12,14H,5,7,11,13H2. The number of hydrogen-bond acceptors (Lipinski definition) is 3. The van der Waals surface area contributed by atoms with Crippen molar-refractivity contribution in [2.24, 2.45) is 0 Å². The molecule has 3 aromatic rings. The molecule has 27 heavy (non-hydrogen) atoms. The van der Waals surface area contributed by atoms with Gasteiger partial charge in [0, 0.05) is 27.5 Å². The molecular formula is C22H18BrNO3. The minimum absolute atomic E-state index is 0.184. The number of hydrogen-bond donors (Lipinski definition) is 0. The predicted octanol–water partition coefficient (Wildman–Crippen LogP) is 4.70. The van der Waals surface area contributed by atoms with E-state index in [2.05, 4.69) is 15.9 Å². The first-order valence-electron chi connectivity index (χ1n) is 8.95. The lowest BCUT2D eigenvalue weighted by Crippen LogP contribution is -2.26. The van der Waals surface area contributed by atoms with Crippen molar-refractivity contribution in [1.82, 2.24) is 4.57 Å². The van der Waals surface area contributed by atoms with E-state index in [0.717, 1.165) is 42.6 Å². The van der Waals surface area contributed by atoms with E-state index in [1.165, 1.54) is 6.07 Å². The second-order valence-corrected chi connectivity index (χ2v) is 7.37. The highest BCUT2D eigenvalue weighted by atomic mass is 79.9. The zero-order valence-corrected chi connectivity index (χ0v) is 16.2. The fraction of sp³-hybridized carbons (Fsp3) is 0.182. The van der Waals surface area contributed by atoms with Crippen LogP contribution in [0.3, 0.4) is 0 Å². The Morgan fingerprint density at radius 2 is 1.67 bits per heavy atom. The minimum Gasteiger partial charge on any atom is -0.422 e. The third-order valence-corrected chi connectivity index (χ3v) is 5.48. The van der Waals surface area contributed by atoms with E-state index in [1.807, 2.05) is 36.4 Å². The monoisotopic (exact) mass is 423 g/mol. The number of ether oxygens (including phenoxy) is 1. The summed E-state index contributed by atoms with van der Waals surface area (Å²) in [5.74, 6) is -0.0882. The molecule has 0 N–H and O–H groups in total. The Kier molecular flexibility index (Phi) is 4.94. The average molecular weight is 424 g/mol. The zero-order valence-electron chi connectivity index (χ0n) is 14.7. The summed E-state index contributed by atoms with van der Waals surface area (Å²) >= 11 is 3.38. The molecule has 0 radical (unpaired) electrons. The number of pyridine rings is 1. The molecule has 1 aromatic heterocycles. The number of fused-ring (bicyclic) bond motifs is 1. The highest BCUT2D eigenvalue weighted by Gasteiger charge is 2.23. The highest BCUT2D eigenvalue weighted by Crippen LogP contribution is 2.30. The molecule has 0 amide bonds. The SMILES string of the molecule is O=C(Oc1cc(=O)n(-c2ccccc2)c2c1CCCC2)c1ccccc1Br. The quantitative estimate of drug-likeness (QED) is 0.573. The molecule has 0 unspecified atom stereocenters. The van der Waals surface area contributed by atoms with Crippen LogP contribution < -0.4 is 10.3 Å². The highest BCUT2D eigenvalue weighted by molar-refractivity contribution is 9.10. The van der Waals surface area contributed by atoms with Crippen LogP contribution in [-0.4, -0.2) is 10.5 Å². The predicted molar refractivity (Wildman–Crippen MR) is 108 cm³/mol. The van der Waals surface area contributed by atoms with Crippen molar-refractivity contribution in [3.63, 3.8) is 0 Å². The number of esters is 1. The van der Waals surface area contributed by atoms with Crippen LogP contribution >= 0.6 is 15.9 Å². The largest absolute Gasteiger partial charge is 0.422 e. The first-order chi connectivity index (χ1) is 13.1. The molecule has 0 saturated heterocycles. The summed E-state index contributed by atoms with van der Waals surface area (Å²) < 4.78 is 8.08. The average Bonchev–Trinajstić information content (AvgIpc) is 2.69. The van der Waals surface area contributed by atoms with Crippen LogP contribution in [0.15, 0.2) is 69.9 Å². The smallest absolute Gasteiger partial charge is 0.344 e. The summed E-state index contributed by atoms with van der Waals surface area (Å²) in [5.41, 5.74) is 2.98. The molecule has 5 heteroatoms. The van der Waals surface area contributed by atoms with Gasteiger partial charge in [0.1, 0.15) is 5.75 Å². The first-order valence-corrected chi connectivity index (χ1v) is 9.74. The van der Waals surface area contributed by atoms with Gasteiger partial charge in [0.15, 0.2) is 0 Å². The Morgan fingerprint density at radius 3 is 2.44 bits per heavy atom. The molecule has 1 heterocycles. The number of halogens is 1. The van der Waals surface area contributed by atoms with Gasteiger partial charge in [-0.15, -0.1) is 0 Å². The summed E-state index contributed by atoms with van der Waals surface area (Å²) in [6.07, 6.45) is 3.61. The maximum atomic E-state index is 12.9. The summed E-state index contributed by atoms with van der Waals surface area (Å²) in [6.45, 7) is 0. The molecule has 0 atom stereocenters. The minimum atomic E-state index is -0.466. The molecule has 136 valence electrons. The van der Waals surface area contributed by atoms with Crippen molar-refractivity contribution in [2.75, 3.05) is 0 Å². The van der Waals surface area contributed by atoms with Gasteiger partial charge in [-0.25, -0.2) is 4.79 Å². The van der Waals surface area contributed by atoms with Gasteiger partial charge in [-0.2, -0.15) is 0 Å². The second kappa shape index (κ2) is 7.53. The molecular weight excluding hydrogens is 406 g/mol. The summed E-state index contributed by atoms with van der Waals surface area (Å²) in [5, 5.41) is 0. The lowest BCUT2D eigenvalue weighted by molar-refractivity contribution is 0.0731. The third kappa shape index (κ3) is 3.47. The number of carbonyl (C=O) groups is 1. The fourth-order valence-corrected chi connectivity index (χ4v) is 3.98. The van der Waals surface area contributed by atoms with Crippen LogP contribution in [0.1, 0.15) is 34.5 Å². The van der Waals surface area contributed by atoms with E-state index in [-0.39, 0.29) is 5.56 Å². The Hall–Kier alpha value is -2.66. The van der Waals surface area contributed by atoms with Crippen molar-refractivity contribution in [3.8, 4) is 11.4 Å². The number of para-hydroxylation sites is 1. The molecule has 1 aliphatic carbocycles. The van der Waals surface area contributed by atoms with Crippen molar-refractivity contribution >= 4 is 21.9 Å². The molecule has 4 rings (SSSR count). The number of nitrogens with zero attached hydrogens (tertiary/aromatic N) is 1. The van der Waals surface area contributed by atoms with Gasteiger partial charge in [0.05, 0.1) is 5.56 Å². The van der Waals surface area contributed by atoms with Gasteiger partial charge in [-0.1, -0.05) is 30.3 Å². The van der Waals surface area contributed by atoms with Crippen LogP contribution in [-0.2, 0) is 12.8 Å². The van der Waals surface area contributed by atoms with Crippen LogP contribution in [0.25, 0.3) is 5.69 Å². The summed E-state index contributed by atoms with van der Waals surface area (Å²) in [4.78, 5) is 25.5. The molecule has 0 bridgehead atoms. The Morgan fingerprint density at radius 1 is 0.963 bits per heavy atom. The molecule has 0 spiro atoms. The van der Waals surface area contributed by atoms with Gasteiger partial charge in [-0.05, 0) is 65.9 Å². The normalized spacial score (nSPS) is 13.1. The van der Waals surface area contributed by atoms with Gasteiger partial charge in [0.2, 0.25) is 0 Å².